The quantitative estimate of drug-likeness (QED) is 0.574. The van der Waals surface area contributed by atoms with Crippen LogP contribution in [0.5, 0.6) is 5.75 Å². The Morgan fingerprint density at radius 1 is 1.23 bits per heavy atom. The number of hydrogen-bond donors (Lipinski definition) is 1. The number of benzene rings is 2. The number of fused-ring (bicyclic) bond motifs is 2. The van der Waals surface area contributed by atoms with E-state index in [1.54, 1.807) is 18.2 Å². The molecule has 2 aromatic carbocycles. The first kappa shape index (κ1) is 16.0. The van der Waals surface area contributed by atoms with Gasteiger partial charge in [0.2, 0.25) is 0 Å². The average molecular weight is 351 g/mol. The van der Waals surface area contributed by atoms with Crippen LogP contribution in [0.15, 0.2) is 41.2 Å². The summed E-state index contributed by atoms with van der Waals surface area (Å²) < 4.78 is 10.7. The fourth-order valence-corrected chi connectivity index (χ4v) is 2.79. The molecule has 1 aliphatic heterocycles. The predicted molar refractivity (Wildman–Crippen MR) is 94.7 cm³/mol. The van der Waals surface area contributed by atoms with E-state index in [2.05, 4.69) is 9.97 Å². The van der Waals surface area contributed by atoms with Crippen LogP contribution in [0.2, 0.25) is 0 Å². The molecule has 3 aromatic rings. The van der Waals surface area contributed by atoms with Crippen LogP contribution in [0, 0.1) is 10.1 Å². The van der Waals surface area contributed by atoms with Crippen molar-refractivity contribution in [1.82, 2.24) is 9.97 Å². The molecule has 0 bridgehead atoms. The van der Waals surface area contributed by atoms with Crippen LogP contribution in [-0.4, -0.2) is 21.7 Å². The number of nitro benzene ring substituents is 1. The first-order valence-electron chi connectivity index (χ1n) is 7.81. The minimum Gasteiger partial charge on any atom is -0.467 e. The number of non-ortho nitro benzene ring substituents is 1. The number of rotatable bonds is 3. The Labute approximate surface area is 146 Å². The van der Waals surface area contributed by atoms with Crippen LogP contribution in [0.1, 0.15) is 16.8 Å². The van der Waals surface area contributed by atoms with E-state index in [1.165, 1.54) is 18.2 Å². The molecule has 1 N–H and O–H groups in total. The van der Waals surface area contributed by atoms with Crippen LogP contribution >= 0.6 is 0 Å². The van der Waals surface area contributed by atoms with Gasteiger partial charge in [0.05, 0.1) is 22.6 Å². The van der Waals surface area contributed by atoms with Crippen molar-refractivity contribution >= 4 is 28.9 Å². The molecule has 1 aliphatic rings. The van der Waals surface area contributed by atoms with Gasteiger partial charge in [-0.3, -0.25) is 14.9 Å². The summed E-state index contributed by atoms with van der Waals surface area (Å²) in [5.41, 5.74) is 2.16. The summed E-state index contributed by atoms with van der Waals surface area (Å²) in [6.07, 6.45) is 3.10. The van der Waals surface area contributed by atoms with Crippen molar-refractivity contribution in [3.63, 3.8) is 0 Å². The largest absolute Gasteiger partial charge is 0.467 e. The second-order valence-electron chi connectivity index (χ2n) is 5.69. The average Bonchev–Trinajstić information content (AvgIpc) is 2.65. The van der Waals surface area contributed by atoms with Gasteiger partial charge in [0.15, 0.2) is 6.79 Å². The Bertz CT molecular complexity index is 1100. The molecule has 0 radical (unpaired) electrons. The molecular weight excluding hydrogens is 338 g/mol. The fourth-order valence-electron chi connectivity index (χ4n) is 2.79. The molecule has 0 amide bonds. The fraction of sp³-hybridized carbons (Fsp3) is 0.111. The highest BCUT2D eigenvalue weighted by molar-refractivity contribution is 5.78. The third-order valence-electron chi connectivity index (χ3n) is 3.98. The number of nitro groups is 1. The van der Waals surface area contributed by atoms with Crippen LogP contribution in [0.25, 0.3) is 23.2 Å². The number of hydrogen-bond acceptors (Lipinski definition) is 6. The second-order valence-corrected chi connectivity index (χ2v) is 5.69. The number of ether oxygens (including phenoxy) is 2. The van der Waals surface area contributed by atoms with Gasteiger partial charge < -0.3 is 14.5 Å². The van der Waals surface area contributed by atoms with E-state index in [9.17, 15) is 14.9 Å². The summed E-state index contributed by atoms with van der Waals surface area (Å²) in [7, 11) is 0. The van der Waals surface area contributed by atoms with Crippen molar-refractivity contribution in [2.75, 3.05) is 6.79 Å². The Morgan fingerprint density at radius 3 is 2.92 bits per heavy atom. The van der Waals surface area contributed by atoms with Gasteiger partial charge in [0.25, 0.3) is 11.2 Å². The zero-order chi connectivity index (χ0) is 18.1. The molecule has 130 valence electrons. The van der Waals surface area contributed by atoms with Gasteiger partial charge in [-0.1, -0.05) is 12.1 Å². The number of aromatic amines is 1. The lowest BCUT2D eigenvalue weighted by Crippen LogP contribution is -2.13. The Kier molecular flexibility index (Phi) is 3.94. The molecule has 0 fully saturated rings. The van der Waals surface area contributed by atoms with E-state index in [0.717, 1.165) is 0 Å². The Morgan fingerprint density at radius 2 is 2.08 bits per heavy atom. The van der Waals surface area contributed by atoms with E-state index in [4.69, 9.17) is 9.47 Å². The molecule has 1 aromatic heterocycles. The van der Waals surface area contributed by atoms with Gasteiger partial charge >= 0.3 is 0 Å². The van der Waals surface area contributed by atoms with Crippen molar-refractivity contribution in [2.24, 2.45) is 0 Å². The maximum atomic E-state index is 12.2. The lowest BCUT2D eigenvalue weighted by atomic mass is 10.1. The Balaban J connectivity index is 1.79. The van der Waals surface area contributed by atoms with Crippen molar-refractivity contribution < 1.29 is 14.4 Å². The summed E-state index contributed by atoms with van der Waals surface area (Å²) in [6, 6.07) is 10.0. The van der Waals surface area contributed by atoms with Gasteiger partial charge in [-0.05, 0) is 24.3 Å². The molecule has 8 heteroatoms. The number of aromatic nitrogens is 2. The summed E-state index contributed by atoms with van der Waals surface area (Å²) in [4.78, 5) is 29.9. The van der Waals surface area contributed by atoms with Crippen LogP contribution in [0.3, 0.4) is 0 Å². The van der Waals surface area contributed by atoms with Crippen LogP contribution in [-0.2, 0) is 11.3 Å². The standard InChI is InChI=1S/C18H13N3O5/c22-18-16(19-14-3-1-2-4-15(14)20-18)6-5-11-7-13(21(23)24)8-12-9-25-10-26-17(11)12/h1-8H,9-10H2,(H,20,22)/b6-5+. The van der Waals surface area contributed by atoms with Crippen molar-refractivity contribution in [2.45, 2.75) is 6.61 Å². The number of para-hydroxylation sites is 2. The number of nitrogens with zero attached hydrogens (tertiary/aromatic N) is 2. The third kappa shape index (κ3) is 2.93. The SMILES string of the molecule is O=c1[nH]c2ccccc2nc1/C=C/c1cc([N+](=O)[O-])cc2c1OCOC2. The molecular formula is C18H13N3O5. The van der Waals surface area contributed by atoms with Gasteiger partial charge in [-0.2, -0.15) is 0 Å². The Hall–Kier alpha value is -3.52. The van der Waals surface area contributed by atoms with E-state index in [0.29, 0.717) is 27.9 Å². The minimum absolute atomic E-state index is 0.0699. The van der Waals surface area contributed by atoms with Crippen LogP contribution < -0.4 is 10.3 Å². The summed E-state index contributed by atoms with van der Waals surface area (Å²) >= 11 is 0. The monoisotopic (exact) mass is 351 g/mol. The van der Waals surface area contributed by atoms with Gasteiger partial charge in [0.1, 0.15) is 11.4 Å². The van der Waals surface area contributed by atoms with Crippen molar-refractivity contribution in [3.05, 3.63) is 73.7 Å². The topological polar surface area (TPSA) is 107 Å². The minimum atomic E-state index is -0.479. The molecule has 26 heavy (non-hydrogen) atoms. The van der Waals surface area contributed by atoms with E-state index >= 15 is 0 Å². The van der Waals surface area contributed by atoms with E-state index in [1.807, 2.05) is 12.1 Å². The zero-order valence-electron chi connectivity index (χ0n) is 13.5. The van der Waals surface area contributed by atoms with Gasteiger partial charge in [-0.25, -0.2) is 4.98 Å². The molecule has 0 saturated carbocycles. The van der Waals surface area contributed by atoms with E-state index < -0.39 is 4.92 Å². The maximum absolute atomic E-state index is 12.2. The smallest absolute Gasteiger partial charge is 0.274 e. The summed E-state index contributed by atoms with van der Waals surface area (Å²) in [6.45, 7) is 0.299. The molecule has 4 rings (SSSR count). The first-order valence-corrected chi connectivity index (χ1v) is 7.81. The predicted octanol–water partition coefficient (Wildman–Crippen LogP) is 2.87. The van der Waals surface area contributed by atoms with E-state index in [-0.39, 0.29) is 30.3 Å². The van der Waals surface area contributed by atoms with Gasteiger partial charge in [-0.15, -0.1) is 0 Å². The van der Waals surface area contributed by atoms with Crippen molar-refractivity contribution in [3.8, 4) is 5.75 Å². The lowest BCUT2D eigenvalue weighted by Gasteiger charge is -2.19. The molecule has 0 aliphatic carbocycles. The van der Waals surface area contributed by atoms with Crippen LogP contribution in [0.4, 0.5) is 5.69 Å². The molecule has 2 heterocycles. The van der Waals surface area contributed by atoms with Crippen molar-refractivity contribution in [1.29, 1.82) is 0 Å². The highest BCUT2D eigenvalue weighted by Crippen LogP contribution is 2.33. The number of nitrogens with one attached hydrogen (secondary N) is 1. The molecule has 0 unspecified atom stereocenters. The first-order chi connectivity index (χ1) is 12.6. The highest BCUT2D eigenvalue weighted by atomic mass is 16.7. The number of H-pyrrole nitrogens is 1. The maximum Gasteiger partial charge on any atom is 0.274 e. The molecule has 0 spiro atoms. The molecule has 0 saturated heterocycles. The normalized spacial score (nSPS) is 13.5. The summed E-state index contributed by atoms with van der Waals surface area (Å²) in [5.74, 6) is 0.510. The molecule has 0 atom stereocenters. The van der Waals surface area contributed by atoms with Gasteiger partial charge in [0, 0.05) is 23.3 Å². The highest BCUT2D eigenvalue weighted by Gasteiger charge is 2.19. The second kappa shape index (κ2) is 6.41. The molecule has 8 nitrogen and oxygen atoms in total. The lowest BCUT2D eigenvalue weighted by molar-refractivity contribution is -0.385. The zero-order valence-corrected chi connectivity index (χ0v) is 13.5. The summed E-state index contributed by atoms with van der Waals surface area (Å²) in [5, 5.41) is 11.1. The third-order valence-corrected chi connectivity index (χ3v) is 3.98.